The molecule has 0 unspecified atom stereocenters. The number of nitrogens with one attached hydrogen (secondary N) is 1. The monoisotopic (exact) mass is 276 g/mol. The molecule has 0 amide bonds. The number of hydrogen-bond donors (Lipinski definition) is 1. The van der Waals surface area contributed by atoms with E-state index in [2.05, 4.69) is 16.3 Å². The Kier molecular flexibility index (Phi) is 4.47. The van der Waals surface area contributed by atoms with Gasteiger partial charge in [0.2, 0.25) is 0 Å². The molecule has 1 spiro atoms. The van der Waals surface area contributed by atoms with Gasteiger partial charge in [-0.15, -0.1) is 0 Å². The van der Waals surface area contributed by atoms with Crippen LogP contribution in [0, 0.1) is 5.41 Å². The third-order valence-corrected chi connectivity index (χ3v) is 5.30. The van der Waals surface area contributed by atoms with Crippen molar-refractivity contribution in [3.63, 3.8) is 0 Å². The van der Waals surface area contributed by atoms with E-state index in [1.807, 2.05) is 13.3 Å². The molecular formula is C17H28N2O. The first-order chi connectivity index (χ1) is 9.80. The summed E-state index contributed by atoms with van der Waals surface area (Å²) in [6, 6.07) is 2.20. The minimum absolute atomic E-state index is 0.704. The Bertz CT molecular complexity index is 410. The van der Waals surface area contributed by atoms with Crippen molar-refractivity contribution in [3.05, 3.63) is 23.7 Å². The quantitative estimate of drug-likeness (QED) is 0.911. The zero-order valence-electron chi connectivity index (χ0n) is 12.8. The molecule has 0 radical (unpaired) electrons. The van der Waals surface area contributed by atoms with Gasteiger partial charge in [0.05, 0.1) is 12.8 Å². The summed E-state index contributed by atoms with van der Waals surface area (Å²) >= 11 is 0. The molecule has 2 fully saturated rings. The van der Waals surface area contributed by atoms with E-state index in [1.165, 1.54) is 63.6 Å². The molecule has 1 saturated heterocycles. The molecule has 0 atom stereocenters. The highest BCUT2D eigenvalue weighted by Crippen LogP contribution is 2.44. The maximum Gasteiger partial charge on any atom is 0.118 e. The van der Waals surface area contributed by atoms with Gasteiger partial charge >= 0.3 is 0 Å². The first-order valence-corrected chi connectivity index (χ1v) is 8.23. The molecule has 2 heterocycles. The van der Waals surface area contributed by atoms with E-state index in [1.54, 1.807) is 0 Å². The molecule has 1 N–H and O–H groups in total. The van der Waals surface area contributed by atoms with Crippen LogP contribution in [0.2, 0.25) is 0 Å². The second kappa shape index (κ2) is 6.31. The molecule has 3 rings (SSSR count). The molecule has 0 bridgehead atoms. The number of rotatable bonds is 4. The maximum atomic E-state index is 5.68. The topological polar surface area (TPSA) is 28.4 Å². The van der Waals surface area contributed by atoms with Crippen molar-refractivity contribution >= 4 is 0 Å². The Morgan fingerprint density at radius 2 is 1.90 bits per heavy atom. The summed E-state index contributed by atoms with van der Waals surface area (Å²) < 4.78 is 5.68. The molecule has 1 saturated carbocycles. The third kappa shape index (κ3) is 3.26. The van der Waals surface area contributed by atoms with E-state index in [0.717, 1.165) is 18.8 Å². The molecule has 1 aliphatic heterocycles. The van der Waals surface area contributed by atoms with Crippen molar-refractivity contribution in [3.8, 4) is 0 Å². The van der Waals surface area contributed by atoms with Gasteiger partial charge in [0.1, 0.15) is 5.76 Å². The van der Waals surface area contributed by atoms with Crippen molar-refractivity contribution < 1.29 is 4.42 Å². The summed E-state index contributed by atoms with van der Waals surface area (Å²) in [5.74, 6) is 1.12. The fourth-order valence-corrected chi connectivity index (χ4v) is 4.01. The average molecular weight is 276 g/mol. The average Bonchev–Trinajstić information content (AvgIpc) is 2.91. The van der Waals surface area contributed by atoms with Gasteiger partial charge in [-0.2, -0.15) is 0 Å². The van der Waals surface area contributed by atoms with Crippen LogP contribution in [0.1, 0.15) is 56.3 Å². The maximum absolute atomic E-state index is 5.68. The van der Waals surface area contributed by atoms with E-state index in [4.69, 9.17) is 4.42 Å². The van der Waals surface area contributed by atoms with E-state index >= 15 is 0 Å². The molecule has 1 aromatic rings. The summed E-state index contributed by atoms with van der Waals surface area (Å²) in [5.41, 5.74) is 1.96. The lowest BCUT2D eigenvalue weighted by atomic mass is 9.68. The Labute approximate surface area is 122 Å². The predicted octanol–water partition coefficient (Wildman–Crippen LogP) is 3.55. The number of piperidine rings is 1. The highest BCUT2D eigenvalue weighted by molar-refractivity contribution is 5.12. The molecule has 20 heavy (non-hydrogen) atoms. The first-order valence-electron chi connectivity index (χ1n) is 8.23. The molecular weight excluding hydrogens is 248 g/mol. The Morgan fingerprint density at radius 3 is 2.60 bits per heavy atom. The minimum atomic E-state index is 0.704. The fraction of sp³-hybridized carbons (Fsp3) is 0.765. The largest absolute Gasteiger partial charge is 0.468 e. The second-order valence-corrected chi connectivity index (χ2v) is 6.79. The first kappa shape index (κ1) is 14.2. The van der Waals surface area contributed by atoms with Gasteiger partial charge in [-0.05, 0) is 57.3 Å². The second-order valence-electron chi connectivity index (χ2n) is 6.79. The molecule has 2 aliphatic rings. The van der Waals surface area contributed by atoms with Crippen LogP contribution in [0.5, 0.6) is 0 Å². The van der Waals surface area contributed by atoms with Gasteiger partial charge in [-0.1, -0.05) is 19.3 Å². The van der Waals surface area contributed by atoms with Crippen LogP contribution in [-0.2, 0) is 13.1 Å². The normalized spacial score (nSPS) is 23.2. The van der Waals surface area contributed by atoms with Crippen LogP contribution < -0.4 is 5.32 Å². The molecule has 3 nitrogen and oxygen atoms in total. The van der Waals surface area contributed by atoms with Gasteiger partial charge in [0.25, 0.3) is 0 Å². The van der Waals surface area contributed by atoms with Crippen molar-refractivity contribution in [1.82, 2.24) is 10.2 Å². The Morgan fingerprint density at radius 1 is 1.15 bits per heavy atom. The Balaban J connectivity index is 1.50. The van der Waals surface area contributed by atoms with Crippen molar-refractivity contribution in [2.75, 3.05) is 20.1 Å². The molecule has 1 aromatic heterocycles. The zero-order valence-corrected chi connectivity index (χ0v) is 12.8. The number of nitrogens with zero attached hydrogens (tertiary/aromatic N) is 1. The van der Waals surface area contributed by atoms with Gasteiger partial charge < -0.3 is 9.73 Å². The lowest BCUT2D eigenvalue weighted by Gasteiger charge is -2.44. The van der Waals surface area contributed by atoms with Crippen LogP contribution in [-0.4, -0.2) is 25.0 Å². The smallest absolute Gasteiger partial charge is 0.118 e. The van der Waals surface area contributed by atoms with Crippen LogP contribution in [0.25, 0.3) is 0 Å². The number of likely N-dealkylation sites (tertiary alicyclic amines) is 1. The van der Waals surface area contributed by atoms with E-state index in [-0.39, 0.29) is 0 Å². The SMILES string of the molecule is CNCc1coc(CN2CCC3(CCCCC3)CC2)c1. The van der Waals surface area contributed by atoms with Gasteiger partial charge in [-0.3, -0.25) is 4.90 Å². The minimum Gasteiger partial charge on any atom is -0.468 e. The van der Waals surface area contributed by atoms with E-state index in [9.17, 15) is 0 Å². The Hall–Kier alpha value is -0.800. The molecule has 0 aromatic carbocycles. The number of hydrogen-bond acceptors (Lipinski definition) is 3. The summed E-state index contributed by atoms with van der Waals surface area (Å²) in [6.45, 7) is 4.39. The van der Waals surface area contributed by atoms with Crippen LogP contribution in [0.4, 0.5) is 0 Å². The summed E-state index contributed by atoms with van der Waals surface area (Å²) in [6.07, 6.45) is 12.0. The lowest BCUT2D eigenvalue weighted by Crippen LogP contribution is -2.40. The summed E-state index contributed by atoms with van der Waals surface area (Å²) in [7, 11) is 1.97. The summed E-state index contributed by atoms with van der Waals surface area (Å²) in [5, 5.41) is 3.17. The van der Waals surface area contributed by atoms with Crippen molar-refractivity contribution in [1.29, 1.82) is 0 Å². The molecule has 112 valence electrons. The van der Waals surface area contributed by atoms with Crippen LogP contribution in [0.3, 0.4) is 0 Å². The number of furan rings is 1. The third-order valence-electron chi connectivity index (χ3n) is 5.30. The van der Waals surface area contributed by atoms with E-state index in [0.29, 0.717) is 5.41 Å². The molecule has 1 aliphatic carbocycles. The van der Waals surface area contributed by atoms with Gasteiger partial charge in [-0.25, -0.2) is 0 Å². The highest BCUT2D eigenvalue weighted by atomic mass is 16.3. The molecule has 3 heteroatoms. The standard InChI is InChI=1S/C17H28N2O/c1-18-12-15-11-16(20-14-15)13-19-9-7-17(8-10-19)5-3-2-4-6-17/h11,14,18H,2-10,12-13H2,1H3. The lowest BCUT2D eigenvalue weighted by molar-refractivity contribution is 0.0608. The van der Waals surface area contributed by atoms with Crippen molar-refractivity contribution in [2.45, 2.75) is 58.0 Å². The van der Waals surface area contributed by atoms with Gasteiger partial charge in [0.15, 0.2) is 0 Å². The predicted molar refractivity (Wildman–Crippen MR) is 81.5 cm³/mol. The van der Waals surface area contributed by atoms with Crippen LogP contribution >= 0.6 is 0 Å². The van der Waals surface area contributed by atoms with Gasteiger partial charge in [0, 0.05) is 12.1 Å². The summed E-state index contributed by atoms with van der Waals surface area (Å²) in [4.78, 5) is 2.57. The zero-order chi connectivity index (χ0) is 13.8. The van der Waals surface area contributed by atoms with Crippen molar-refractivity contribution in [2.24, 2.45) is 5.41 Å². The highest BCUT2D eigenvalue weighted by Gasteiger charge is 2.35. The fourth-order valence-electron chi connectivity index (χ4n) is 4.01. The van der Waals surface area contributed by atoms with E-state index < -0.39 is 0 Å². The van der Waals surface area contributed by atoms with Crippen LogP contribution in [0.15, 0.2) is 16.7 Å².